The van der Waals surface area contributed by atoms with Crippen LogP contribution in [0.15, 0.2) is 48.5 Å². The van der Waals surface area contributed by atoms with Crippen LogP contribution in [0.3, 0.4) is 0 Å². The average Bonchev–Trinajstić information content (AvgIpc) is 2.62. The van der Waals surface area contributed by atoms with Crippen molar-refractivity contribution in [1.29, 1.82) is 0 Å². The average molecular weight is 367 g/mol. The van der Waals surface area contributed by atoms with E-state index in [-0.39, 0.29) is 19.0 Å². The Morgan fingerprint density at radius 1 is 1.12 bits per heavy atom. The Kier molecular flexibility index (Phi) is 5.91. The molecule has 0 aromatic heterocycles. The molecule has 1 aliphatic rings. The van der Waals surface area contributed by atoms with Crippen LogP contribution in [0.4, 0.5) is 4.39 Å². The van der Waals surface area contributed by atoms with Gasteiger partial charge in [-0.1, -0.05) is 29.8 Å². The van der Waals surface area contributed by atoms with Crippen LogP contribution in [0.1, 0.15) is 12.5 Å². The molecule has 25 heavy (non-hydrogen) atoms. The molecule has 0 aliphatic carbocycles. The molecule has 0 N–H and O–H groups in total. The molecular formula is C19H20ClFO4. The van der Waals surface area contributed by atoms with Crippen LogP contribution >= 0.6 is 11.6 Å². The van der Waals surface area contributed by atoms with Gasteiger partial charge < -0.3 is 18.9 Å². The van der Waals surface area contributed by atoms with E-state index in [1.807, 2.05) is 6.92 Å². The van der Waals surface area contributed by atoms with Crippen LogP contribution in [0.2, 0.25) is 5.02 Å². The fraction of sp³-hybridized carbons (Fsp3) is 0.368. The zero-order valence-electron chi connectivity index (χ0n) is 13.9. The minimum absolute atomic E-state index is 0.168. The Bertz CT molecular complexity index is 684. The van der Waals surface area contributed by atoms with Gasteiger partial charge in [0.15, 0.2) is 6.29 Å². The predicted molar refractivity (Wildman–Crippen MR) is 92.2 cm³/mol. The standard InChI is InChI=1S/C19H20ClFO4/c1-19(25-10-14-4-2-3-5-17(14)21)12-23-18(24-13-19)11-22-16-8-6-15(20)7-9-16/h2-9,18H,10-13H2,1H3. The highest BCUT2D eigenvalue weighted by Gasteiger charge is 2.34. The van der Waals surface area contributed by atoms with Gasteiger partial charge in [-0.3, -0.25) is 0 Å². The van der Waals surface area contributed by atoms with Crippen molar-refractivity contribution in [1.82, 2.24) is 0 Å². The third-order valence-electron chi connectivity index (χ3n) is 3.88. The topological polar surface area (TPSA) is 36.9 Å². The molecule has 1 heterocycles. The Balaban J connectivity index is 1.44. The van der Waals surface area contributed by atoms with Gasteiger partial charge in [0.25, 0.3) is 0 Å². The molecule has 6 heteroatoms. The first-order valence-electron chi connectivity index (χ1n) is 8.03. The number of hydrogen-bond donors (Lipinski definition) is 0. The SMILES string of the molecule is CC1(OCc2ccccc2F)COC(COc2ccc(Cl)cc2)OC1. The predicted octanol–water partition coefficient (Wildman–Crippen LogP) is 4.21. The normalized spacial score (nSPS) is 23.4. The second kappa shape index (κ2) is 8.15. The van der Waals surface area contributed by atoms with E-state index in [9.17, 15) is 4.39 Å². The minimum atomic E-state index is -0.626. The van der Waals surface area contributed by atoms with Crippen LogP contribution in [-0.2, 0) is 20.8 Å². The zero-order valence-corrected chi connectivity index (χ0v) is 14.7. The van der Waals surface area contributed by atoms with Crippen molar-refractivity contribution in [2.75, 3.05) is 19.8 Å². The Morgan fingerprint density at radius 3 is 2.48 bits per heavy atom. The van der Waals surface area contributed by atoms with Gasteiger partial charge in [0.1, 0.15) is 23.8 Å². The van der Waals surface area contributed by atoms with E-state index >= 15 is 0 Å². The van der Waals surface area contributed by atoms with Gasteiger partial charge in [-0.25, -0.2) is 4.39 Å². The maximum atomic E-state index is 13.6. The molecule has 0 unspecified atom stereocenters. The summed E-state index contributed by atoms with van der Waals surface area (Å²) in [5.41, 5.74) is -0.115. The van der Waals surface area contributed by atoms with E-state index in [4.69, 9.17) is 30.5 Å². The number of benzene rings is 2. The first-order chi connectivity index (χ1) is 12.0. The Morgan fingerprint density at radius 2 is 1.80 bits per heavy atom. The Labute approximate surface area is 151 Å². The maximum absolute atomic E-state index is 13.6. The summed E-state index contributed by atoms with van der Waals surface area (Å²) in [6.45, 7) is 3.00. The fourth-order valence-corrected chi connectivity index (χ4v) is 2.50. The highest BCUT2D eigenvalue weighted by atomic mass is 35.5. The van der Waals surface area contributed by atoms with Gasteiger partial charge in [-0.2, -0.15) is 0 Å². The third kappa shape index (κ3) is 5.16. The molecule has 2 aromatic carbocycles. The number of ether oxygens (including phenoxy) is 4. The molecule has 0 radical (unpaired) electrons. The smallest absolute Gasteiger partial charge is 0.191 e. The summed E-state index contributed by atoms with van der Waals surface area (Å²) in [6.07, 6.45) is -0.471. The number of halogens is 2. The van der Waals surface area contributed by atoms with Crippen molar-refractivity contribution >= 4 is 11.6 Å². The van der Waals surface area contributed by atoms with Crippen molar-refractivity contribution < 1.29 is 23.3 Å². The summed E-state index contributed by atoms with van der Waals surface area (Å²) in [7, 11) is 0. The van der Waals surface area contributed by atoms with E-state index in [0.29, 0.717) is 29.5 Å². The first kappa shape index (κ1) is 18.1. The van der Waals surface area contributed by atoms with Gasteiger partial charge in [0.05, 0.1) is 19.8 Å². The second-order valence-electron chi connectivity index (χ2n) is 6.15. The quantitative estimate of drug-likeness (QED) is 0.767. The number of hydrogen-bond acceptors (Lipinski definition) is 4. The monoisotopic (exact) mass is 366 g/mol. The van der Waals surface area contributed by atoms with Gasteiger partial charge >= 0.3 is 0 Å². The molecule has 1 saturated heterocycles. The van der Waals surface area contributed by atoms with Gasteiger partial charge in [-0.05, 0) is 37.3 Å². The van der Waals surface area contributed by atoms with E-state index in [2.05, 4.69) is 0 Å². The lowest BCUT2D eigenvalue weighted by Crippen LogP contribution is -2.48. The number of rotatable bonds is 6. The summed E-state index contributed by atoms with van der Waals surface area (Å²) < 4.78 is 36.4. The van der Waals surface area contributed by atoms with Crippen molar-refractivity contribution in [2.24, 2.45) is 0 Å². The molecule has 0 spiro atoms. The summed E-state index contributed by atoms with van der Waals surface area (Å²) in [5, 5.41) is 0.653. The summed E-state index contributed by atoms with van der Waals surface area (Å²) >= 11 is 5.83. The highest BCUT2D eigenvalue weighted by molar-refractivity contribution is 6.30. The van der Waals surface area contributed by atoms with Crippen LogP contribution in [0.25, 0.3) is 0 Å². The van der Waals surface area contributed by atoms with Crippen molar-refractivity contribution in [2.45, 2.75) is 25.4 Å². The molecule has 0 amide bonds. The lowest BCUT2D eigenvalue weighted by atomic mass is 10.1. The van der Waals surface area contributed by atoms with Crippen molar-refractivity contribution in [3.05, 3.63) is 64.9 Å². The lowest BCUT2D eigenvalue weighted by molar-refractivity contribution is -0.269. The molecule has 0 bridgehead atoms. The van der Waals surface area contributed by atoms with Gasteiger partial charge in [-0.15, -0.1) is 0 Å². The molecule has 3 rings (SSSR count). The first-order valence-corrected chi connectivity index (χ1v) is 8.41. The highest BCUT2D eigenvalue weighted by Crippen LogP contribution is 2.23. The van der Waals surface area contributed by atoms with Crippen LogP contribution in [0, 0.1) is 5.82 Å². The van der Waals surface area contributed by atoms with E-state index < -0.39 is 11.9 Å². The van der Waals surface area contributed by atoms with Crippen LogP contribution in [0.5, 0.6) is 5.75 Å². The van der Waals surface area contributed by atoms with Crippen molar-refractivity contribution in [3.8, 4) is 5.75 Å². The zero-order chi connectivity index (χ0) is 17.7. The molecule has 0 saturated carbocycles. The largest absolute Gasteiger partial charge is 0.488 e. The van der Waals surface area contributed by atoms with E-state index in [0.717, 1.165) is 0 Å². The molecule has 4 nitrogen and oxygen atoms in total. The van der Waals surface area contributed by atoms with E-state index in [1.54, 1.807) is 42.5 Å². The molecule has 0 atom stereocenters. The lowest BCUT2D eigenvalue weighted by Gasteiger charge is -2.37. The molecular weight excluding hydrogens is 347 g/mol. The molecule has 134 valence electrons. The fourth-order valence-electron chi connectivity index (χ4n) is 2.37. The van der Waals surface area contributed by atoms with Crippen LogP contribution < -0.4 is 4.74 Å². The van der Waals surface area contributed by atoms with Gasteiger partial charge in [0, 0.05) is 10.6 Å². The minimum Gasteiger partial charge on any atom is -0.488 e. The summed E-state index contributed by atoms with van der Waals surface area (Å²) in [5.74, 6) is 0.415. The van der Waals surface area contributed by atoms with Crippen LogP contribution in [-0.4, -0.2) is 31.7 Å². The summed E-state index contributed by atoms with van der Waals surface area (Å²) in [4.78, 5) is 0. The summed E-state index contributed by atoms with van der Waals surface area (Å²) in [6, 6.07) is 13.6. The second-order valence-corrected chi connectivity index (χ2v) is 6.58. The van der Waals surface area contributed by atoms with E-state index in [1.165, 1.54) is 6.07 Å². The molecule has 1 aliphatic heterocycles. The maximum Gasteiger partial charge on any atom is 0.191 e. The van der Waals surface area contributed by atoms with Gasteiger partial charge in [0.2, 0.25) is 0 Å². The Hall–Kier alpha value is -1.66. The van der Waals surface area contributed by atoms with Crippen molar-refractivity contribution in [3.63, 3.8) is 0 Å². The third-order valence-corrected chi connectivity index (χ3v) is 4.13. The molecule has 2 aromatic rings. The molecule has 1 fully saturated rings.